The number of esters is 2. The highest BCUT2D eigenvalue weighted by Crippen LogP contribution is 2.32. The van der Waals surface area contributed by atoms with Gasteiger partial charge in [-0.2, -0.15) is 23.5 Å². The average molecular weight is 587 g/mol. The highest BCUT2D eigenvalue weighted by atomic mass is 32.2. The Kier molecular flexibility index (Phi) is 10.9. The largest absolute Gasteiger partial charge is 0.467 e. The Labute approximate surface area is 240 Å². The Morgan fingerprint density at radius 1 is 0.700 bits per heavy atom. The van der Waals surface area contributed by atoms with Crippen LogP contribution in [0.3, 0.4) is 0 Å². The lowest BCUT2D eigenvalue weighted by Gasteiger charge is -2.23. The third kappa shape index (κ3) is 6.56. The van der Waals surface area contributed by atoms with Crippen molar-refractivity contribution < 1.29 is 38.2 Å². The summed E-state index contributed by atoms with van der Waals surface area (Å²) in [5.74, 6) is -2.84. The molecule has 0 heterocycles. The van der Waals surface area contributed by atoms with E-state index in [4.69, 9.17) is 9.47 Å². The van der Waals surface area contributed by atoms with Gasteiger partial charge in [0.1, 0.15) is 12.1 Å². The average Bonchev–Trinajstić information content (AvgIpc) is 2.98. The third-order valence-corrected chi connectivity index (χ3v) is 7.65. The van der Waals surface area contributed by atoms with Crippen molar-refractivity contribution in [2.45, 2.75) is 24.9 Å². The highest BCUT2D eigenvalue weighted by molar-refractivity contribution is 7.98. The molecule has 0 spiro atoms. The number of hydrogen-bond acceptors (Lipinski definition) is 10. The zero-order valence-electron chi connectivity index (χ0n) is 22.5. The minimum Gasteiger partial charge on any atom is -0.467 e. The zero-order valence-corrected chi connectivity index (χ0v) is 24.2. The molecule has 2 aromatic carbocycles. The number of amides is 2. The molecule has 212 valence electrons. The number of rotatable bonds is 12. The number of methoxy groups -OCH3 is 2. The maximum atomic E-state index is 13.9. The Balaban J connectivity index is 2.02. The van der Waals surface area contributed by atoms with Crippen LogP contribution in [0, 0.1) is 0 Å². The molecule has 0 fully saturated rings. The molecule has 0 bridgehead atoms. The van der Waals surface area contributed by atoms with E-state index in [2.05, 4.69) is 10.6 Å². The number of nitrogens with one attached hydrogen (secondary N) is 2. The van der Waals surface area contributed by atoms with Gasteiger partial charge in [0.15, 0.2) is 11.6 Å². The molecule has 12 heteroatoms. The van der Waals surface area contributed by atoms with Gasteiger partial charge in [0.25, 0.3) is 11.8 Å². The molecule has 0 saturated carbocycles. The van der Waals surface area contributed by atoms with E-state index in [1.807, 2.05) is 12.5 Å². The summed E-state index contributed by atoms with van der Waals surface area (Å²) in [6.45, 7) is 0. The number of fused-ring (bicyclic) bond motifs is 2. The van der Waals surface area contributed by atoms with Crippen LogP contribution in [-0.4, -0.2) is 85.6 Å². The van der Waals surface area contributed by atoms with Gasteiger partial charge in [-0.1, -0.05) is 24.3 Å². The van der Waals surface area contributed by atoms with Crippen LogP contribution >= 0.6 is 23.5 Å². The van der Waals surface area contributed by atoms with E-state index in [-0.39, 0.29) is 33.4 Å². The summed E-state index contributed by atoms with van der Waals surface area (Å²) in [5.41, 5.74) is -0.539. The third-order valence-electron chi connectivity index (χ3n) is 6.36. The predicted molar refractivity (Wildman–Crippen MR) is 152 cm³/mol. The van der Waals surface area contributed by atoms with Crippen LogP contribution in [0.2, 0.25) is 0 Å². The van der Waals surface area contributed by atoms with E-state index in [0.717, 1.165) is 0 Å². The topological polar surface area (TPSA) is 145 Å². The summed E-state index contributed by atoms with van der Waals surface area (Å²) < 4.78 is 9.61. The van der Waals surface area contributed by atoms with Gasteiger partial charge in [-0.05, 0) is 49.0 Å². The van der Waals surface area contributed by atoms with Crippen LogP contribution in [0.25, 0.3) is 0 Å². The molecular formula is C28H30N2O8S2. The van der Waals surface area contributed by atoms with Crippen molar-refractivity contribution in [3.05, 3.63) is 69.8 Å². The van der Waals surface area contributed by atoms with Crippen molar-refractivity contribution in [2.24, 2.45) is 0 Å². The lowest BCUT2D eigenvalue weighted by molar-refractivity contribution is -0.143. The summed E-state index contributed by atoms with van der Waals surface area (Å²) in [4.78, 5) is 78.5. The van der Waals surface area contributed by atoms with Crippen LogP contribution in [0.4, 0.5) is 0 Å². The standard InChI is InChI=1S/C28H30N2O8S2/c1-37-27(35)19(11-13-39-3)29-25(33)17-9-5-7-15-21(17)24(32)22-16(23(15)31)8-6-10-18(22)26(34)30-20(12-14-40-4)28(36)38-2/h5-10,19-20H,11-14H2,1-4H3,(H,29,33)(H,30,34)/t19-,20-/m0/s1. The van der Waals surface area contributed by atoms with E-state index in [0.29, 0.717) is 24.3 Å². The first-order valence-corrected chi connectivity index (χ1v) is 15.1. The molecule has 1 aliphatic carbocycles. The number of ketones is 2. The van der Waals surface area contributed by atoms with Crippen molar-refractivity contribution >= 4 is 58.8 Å². The van der Waals surface area contributed by atoms with E-state index < -0.39 is 47.4 Å². The molecule has 0 saturated heterocycles. The second-order valence-corrected chi connectivity index (χ2v) is 10.7. The lowest BCUT2D eigenvalue weighted by Crippen LogP contribution is -2.43. The number of thioether (sulfide) groups is 2. The van der Waals surface area contributed by atoms with E-state index >= 15 is 0 Å². The first-order chi connectivity index (χ1) is 19.2. The van der Waals surface area contributed by atoms with Crippen LogP contribution in [-0.2, 0) is 19.1 Å². The summed E-state index contributed by atoms with van der Waals surface area (Å²) >= 11 is 2.97. The second kappa shape index (κ2) is 14.1. The molecule has 1 aliphatic rings. The monoisotopic (exact) mass is 586 g/mol. The van der Waals surface area contributed by atoms with Crippen molar-refractivity contribution in [3.63, 3.8) is 0 Å². The fourth-order valence-corrected chi connectivity index (χ4v) is 5.29. The molecule has 0 aliphatic heterocycles. The van der Waals surface area contributed by atoms with Gasteiger partial charge in [0, 0.05) is 22.3 Å². The second-order valence-electron chi connectivity index (χ2n) is 8.78. The predicted octanol–water partition coefficient (Wildman–Crippen LogP) is 2.51. The smallest absolute Gasteiger partial charge is 0.328 e. The molecule has 3 rings (SSSR count). The van der Waals surface area contributed by atoms with Crippen molar-refractivity contribution in [1.82, 2.24) is 10.6 Å². The molecule has 0 aromatic heterocycles. The quantitative estimate of drug-likeness (QED) is 0.304. The normalized spacial score (nSPS) is 13.4. The molecule has 40 heavy (non-hydrogen) atoms. The van der Waals surface area contributed by atoms with Crippen LogP contribution in [0.15, 0.2) is 36.4 Å². The van der Waals surface area contributed by atoms with Gasteiger partial charge in [-0.3, -0.25) is 19.2 Å². The molecule has 2 aromatic rings. The molecule has 0 unspecified atom stereocenters. The maximum Gasteiger partial charge on any atom is 0.328 e. The number of benzene rings is 2. The first-order valence-electron chi connectivity index (χ1n) is 12.3. The van der Waals surface area contributed by atoms with E-state index in [1.165, 1.54) is 74.1 Å². The molecule has 2 atom stereocenters. The van der Waals surface area contributed by atoms with Gasteiger partial charge in [0.2, 0.25) is 0 Å². The minimum atomic E-state index is -0.958. The molecule has 2 N–H and O–H groups in total. The van der Waals surface area contributed by atoms with Gasteiger partial charge >= 0.3 is 11.9 Å². The summed E-state index contributed by atoms with van der Waals surface area (Å²) in [6, 6.07) is 6.66. The first kappa shape index (κ1) is 30.9. The number of ether oxygens (including phenoxy) is 2. The Morgan fingerprint density at radius 2 is 1.10 bits per heavy atom. The van der Waals surface area contributed by atoms with Crippen molar-refractivity contribution in [2.75, 3.05) is 38.2 Å². The van der Waals surface area contributed by atoms with Gasteiger partial charge in [-0.25, -0.2) is 9.59 Å². The van der Waals surface area contributed by atoms with Crippen molar-refractivity contribution in [3.8, 4) is 0 Å². The molecule has 0 radical (unpaired) electrons. The lowest BCUT2D eigenvalue weighted by atomic mass is 9.79. The van der Waals surface area contributed by atoms with Crippen LogP contribution in [0.1, 0.15) is 65.4 Å². The zero-order chi connectivity index (χ0) is 29.4. The van der Waals surface area contributed by atoms with E-state index in [1.54, 1.807) is 0 Å². The van der Waals surface area contributed by atoms with Crippen molar-refractivity contribution in [1.29, 1.82) is 0 Å². The Morgan fingerprint density at radius 3 is 1.45 bits per heavy atom. The van der Waals surface area contributed by atoms with Crippen LogP contribution in [0.5, 0.6) is 0 Å². The van der Waals surface area contributed by atoms with E-state index in [9.17, 15) is 28.8 Å². The van der Waals surface area contributed by atoms with Gasteiger partial charge < -0.3 is 20.1 Å². The summed E-state index contributed by atoms with van der Waals surface area (Å²) in [6.07, 6.45) is 4.31. The molecular weight excluding hydrogens is 556 g/mol. The van der Waals surface area contributed by atoms with Crippen LogP contribution < -0.4 is 10.6 Å². The van der Waals surface area contributed by atoms with Gasteiger partial charge in [0.05, 0.1) is 25.3 Å². The molecule has 2 amide bonds. The number of carbonyl (C=O) groups is 6. The highest BCUT2D eigenvalue weighted by Gasteiger charge is 2.37. The molecule has 10 nitrogen and oxygen atoms in total. The fourth-order valence-electron chi connectivity index (χ4n) is 4.35. The maximum absolute atomic E-state index is 13.9. The van der Waals surface area contributed by atoms with Gasteiger partial charge in [-0.15, -0.1) is 0 Å². The minimum absolute atomic E-state index is 0.00819. The fraction of sp³-hybridized carbons (Fsp3) is 0.357. The Hall–Kier alpha value is -3.64. The number of hydrogen-bond donors (Lipinski definition) is 2. The Bertz CT molecular complexity index is 1250. The summed E-state index contributed by atoms with van der Waals surface area (Å²) in [7, 11) is 2.42. The SMILES string of the molecule is COC(=O)[C@H](CCSC)NC(=O)c1cccc2c1C(=O)c1c(C(=O)N[C@@H](CCSC)C(=O)OC)cccc1C2=O. The number of carbonyl (C=O) groups excluding carboxylic acids is 6. The summed E-state index contributed by atoms with van der Waals surface area (Å²) in [5, 5.41) is 5.21.